The molecule has 2 heterocycles. The number of carbonyl (C=O) groups is 1. The molecule has 0 spiro atoms. The van der Waals surface area contributed by atoms with Crippen LogP contribution in [0.5, 0.6) is 0 Å². The molecule has 1 aromatic rings. The monoisotopic (exact) mass is 279 g/mol. The second-order valence-electron chi connectivity index (χ2n) is 3.71. The first-order valence-electron chi connectivity index (χ1n) is 5.15. The molecule has 0 bridgehead atoms. The Balaban J connectivity index is 0.00000144. The topological polar surface area (TPSA) is 71.3 Å². The number of hydrogen-bond acceptors (Lipinski definition) is 3. The molecule has 5 nitrogen and oxygen atoms in total. The summed E-state index contributed by atoms with van der Waals surface area (Å²) in [7, 11) is 0. The predicted octanol–water partition coefficient (Wildman–Crippen LogP) is 0.890. The number of aromatic nitrogens is 1. The number of H-pyrrole nitrogens is 1. The number of morpholine rings is 1. The normalized spacial score (nSPS) is 19.9. The van der Waals surface area contributed by atoms with Crippen molar-refractivity contribution in [2.75, 3.05) is 26.2 Å². The van der Waals surface area contributed by atoms with Crippen LogP contribution in [0, 0.1) is 0 Å². The van der Waals surface area contributed by atoms with E-state index < -0.39 is 0 Å². The lowest BCUT2D eigenvalue weighted by Crippen LogP contribution is -2.48. The van der Waals surface area contributed by atoms with Gasteiger partial charge in [-0.15, -0.1) is 12.4 Å². The molecule has 1 amide bonds. The van der Waals surface area contributed by atoms with Crippen LogP contribution in [0.25, 0.3) is 0 Å². The Hall–Kier alpha value is -0.750. The molecule has 0 aromatic carbocycles. The van der Waals surface area contributed by atoms with E-state index in [4.69, 9.17) is 22.1 Å². The SMILES string of the molecule is Cl.NCC1CN(C(=O)c2cc(Cl)c[nH]2)CCO1. The molecule has 17 heavy (non-hydrogen) atoms. The zero-order valence-electron chi connectivity index (χ0n) is 9.19. The van der Waals surface area contributed by atoms with Crippen LogP contribution in [0.4, 0.5) is 0 Å². The highest BCUT2D eigenvalue weighted by Gasteiger charge is 2.24. The summed E-state index contributed by atoms with van der Waals surface area (Å²) in [6, 6.07) is 1.62. The van der Waals surface area contributed by atoms with E-state index in [1.165, 1.54) is 0 Å². The quantitative estimate of drug-likeness (QED) is 0.845. The van der Waals surface area contributed by atoms with Gasteiger partial charge in [-0.1, -0.05) is 11.6 Å². The van der Waals surface area contributed by atoms with E-state index in [0.29, 0.717) is 37.0 Å². The summed E-state index contributed by atoms with van der Waals surface area (Å²) >= 11 is 5.75. The van der Waals surface area contributed by atoms with Crippen molar-refractivity contribution in [1.29, 1.82) is 0 Å². The van der Waals surface area contributed by atoms with Crippen LogP contribution in [0.15, 0.2) is 12.3 Å². The van der Waals surface area contributed by atoms with Gasteiger partial charge in [0.05, 0.1) is 17.7 Å². The molecule has 1 aromatic heterocycles. The van der Waals surface area contributed by atoms with Gasteiger partial charge in [0.1, 0.15) is 5.69 Å². The number of hydrogen-bond donors (Lipinski definition) is 2. The molecule has 1 aliphatic heterocycles. The van der Waals surface area contributed by atoms with Crippen molar-refractivity contribution in [2.45, 2.75) is 6.10 Å². The van der Waals surface area contributed by atoms with Gasteiger partial charge in [-0.05, 0) is 6.07 Å². The number of halogens is 2. The molecule has 1 atom stereocenters. The van der Waals surface area contributed by atoms with Gasteiger partial charge in [0.25, 0.3) is 5.91 Å². The Morgan fingerprint density at radius 2 is 2.47 bits per heavy atom. The summed E-state index contributed by atoms with van der Waals surface area (Å²) < 4.78 is 5.39. The Morgan fingerprint density at radius 1 is 1.71 bits per heavy atom. The van der Waals surface area contributed by atoms with Crippen molar-refractivity contribution in [3.63, 3.8) is 0 Å². The van der Waals surface area contributed by atoms with Gasteiger partial charge in [0.15, 0.2) is 0 Å². The Bertz CT molecular complexity index is 383. The number of aromatic amines is 1. The van der Waals surface area contributed by atoms with Crippen LogP contribution in [0.1, 0.15) is 10.5 Å². The lowest BCUT2D eigenvalue weighted by Gasteiger charge is -2.32. The van der Waals surface area contributed by atoms with E-state index in [2.05, 4.69) is 4.98 Å². The van der Waals surface area contributed by atoms with E-state index in [1.54, 1.807) is 17.2 Å². The number of amides is 1. The van der Waals surface area contributed by atoms with Crippen molar-refractivity contribution in [1.82, 2.24) is 9.88 Å². The molecule has 1 fully saturated rings. The van der Waals surface area contributed by atoms with Crippen molar-refractivity contribution in [3.05, 3.63) is 23.0 Å². The van der Waals surface area contributed by atoms with E-state index in [9.17, 15) is 4.79 Å². The first-order valence-corrected chi connectivity index (χ1v) is 5.53. The third kappa shape index (κ3) is 3.35. The van der Waals surface area contributed by atoms with Crippen LogP contribution >= 0.6 is 24.0 Å². The van der Waals surface area contributed by atoms with Crippen molar-refractivity contribution in [2.24, 2.45) is 5.73 Å². The fraction of sp³-hybridized carbons (Fsp3) is 0.500. The summed E-state index contributed by atoms with van der Waals surface area (Å²) in [6.45, 7) is 2.08. The van der Waals surface area contributed by atoms with Crippen LogP contribution in [-0.2, 0) is 4.74 Å². The zero-order valence-corrected chi connectivity index (χ0v) is 10.8. The molecular weight excluding hydrogens is 265 g/mol. The molecule has 3 N–H and O–H groups in total. The number of nitrogens with two attached hydrogens (primary N) is 1. The third-order valence-electron chi connectivity index (χ3n) is 2.57. The fourth-order valence-electron chi connectivity index (χ4n) is 1.71. The van der Waals surface area contributed by atoms with Gasteiger partial charge in [-0.3, -0.25) is 4.79 Å². The number of rotatable bonds is 2. The maximum atomic E-state index is 12.0. The Morgan fingerprint density at radius 3 is 3.06 bits per heavy atom. The molecule has 0 saturated carbocycles. The average molecular weight is 280 g/mol. The molecule has 96 valence electrons. The molecule has 1 aliphatic rings. The highest BCUT2D eigenvalue weighted by atomic mass is 35.5. The second kappa shape index (κ2) is 6.26. The first kappa shape index (κ1) is 14.3. The summed E-state index contributed by atoms with van der Waals surface area (Å²) in [6.07, 6.45) is 1.53. The summed E-state index contributed by atoms with van der Waals surface area (Å²) in [5.74, 6) is -0.0614. The van der Waals surface area contributed by atoms with Gasteiger partial charge < -0.3 is 20.4 Å². The molecule has 0 aliphatic carbocycles. The lowest BCUT2D eigenvalue weighted by molar-refractivity contribution is -0.0169. The van der Waals surface area contributed by atoms with Gasteiger partial charge >= 0.3 is 0 Å². The molecule has 0 radical (unpaired) electrons. The van der Waals surface area contributed by atoms with Crippen LogP contribution < -0.4 is 5.73 Å². The Labute approximate surface area is 111 Å². The number of ether oxygens (including phenoxy) is 1. The molecule has 2 rings (SSSR count). The minimum absolute atomic E-state index is 0. The maximum Gasteiger partial charge on any atom is 0.270 e. The van der Waals surface area contributed by atoms with Crippen molar-refractivity contribution in [3.8, 4) is 0 Å². The molecular formula is C10H15Cl2N3O2. The van der Waals surface area contributed by atoms with Crippen molar-refractivity contribution < 1.29 is 9.53 Å². The molecule has 1 saturated heterocycles. The zero-order chi connectivity index (χ0) is 11.5. The van der Waals surface area contributed by atoms with E-state index in [-0.39, 0.29) is 24.4 Å². The number of nitrogens with one attached hydrogen (secondary N) is 1. The standard InChI is InChI=1S/C10H14ClN3O2.ClH/c11-7-3-9(13-5-7)10(15)14-1-2-16-8(4-12)6-14;/h3,5,8,13H,1-2,4,6,12H2;1H. The van der Waals surface area contributed by atoms with Crippen LogP contribution in [-0.4, -0.2) is 48.1 Å². The predicted molar refractivity (Wildman–Crippen MR) is 67.7 cm³/mol. The number of nitrogens with zero attached hydrogens (tertiary/aromatic N) is 1. The minimum Gasteiger partial charge on any atom is -0.373 e. The lowest BCUT2D eigenvalue weighted by atomic mass is 10.2. The molecule has 7 heteroatoms. The van der Waals surface area contributed by atoms with E-state index in [1.807, 2.05) is 0 Å². The van der Waals surface area contributed by atoms with Gasteiger partial charge in [0.2, 0.25) is 0 Å². The maximum absolute atomic E-state index is 12.0. The average Bonchev–Trinajstić information content (AvgIpc) is 2.75. The molecule has 1 unspecified atom stereocenters. The van der Waals surface area contributed by atoms with E-state index >= 15 is 0 Å². The van der Waals surface area contributed by atoms with Crippen LogP contribution in [0.2, 0.25) is 5.02 Å². The van der Waals surface area contributed by atoms with Gasteiger partial charge in [0, 0.05) is 25.8 Å². The smallest absolute Gasteiger partial charge is 0.270 e. The minimum atomic E-state index is -0.0665. The fourth-order valence-corrected chi connectivity index (χ4v) is 1.87. The van der Waals surface area contributed by atoms with Gasteiger partial charge in [-0.2, -0.15) is 0 Å². The van der Waals surface area contributed by atoms with E-state index in [0.717, 1.165) is 0 Å². The summed E-state index contributed by atoms with van der Waals surface area (Å²) in [5.41, 5.74) is 6.02. The summed E-state index contributed by atoms with van der Waals surface area (Å²) in [5, 5.41) is 0.534. The highest BCUT2D eigenvalue weighted by molar-refractivity contribution is 6.30. The highest BCUT2D eigenvalue weighted by Crippen LogP contribution is 2.13. The largest absolute Gasteiger partial charge is 0.373 e. The second-order valence-corrected chi connectivity index (χ2v) is 4.15. The number of carbonyl (C=O) groups excluding carboxylic acids is 1. The Kier molecular flexibility index (Phi) is 5.27. The van der Waals surface area contributed by atoms with Crippen LogP contribution in [0.3, 0.4) is 0 Å². The third-order valence-corrected chi connectivity index (χ3v) is 2.79. The first-order chi connectivity index (χ1) is 7.70. The van der Waals surface area contributed by atoms with Crippen molar-refractivity contribution >= 4 is 29.9 Å². The summed E-state index contributed by atoms with van der Waals surface area (Å²) in [4.78, 5) is 16.6. The van der Waals surface area contributed by atoms with Gasteiger partial charge in [-0.25, -0.2) is 0 Å².